The Kier molecular flexibility index (Phi) is 7.15. The minimum absolute atomic E-state index is 0.620. The smallest absolute Gasteiger partial charge is 0.0595 e. The number of nitrogens with one attached hydrogen (secondary N) is 1. The summed E-state index contributed by atoms with van der Waals surface area (Å²) in [6.07, 6.45) is 7.41. The summed E-state index contributed by atoms with van der Waals surface area (Å²) in [5, 5.41) is 4.71. The molecule has 0 bridgehead atoms. The minimum atomic E-state index is 0.620. The van der Waals surface area contributed by atoms with Crippen molar-refractivity contribution in [2.45, 2.75) is 32.2 Å². The van der Waals surface area contributed by atoms with Gasteiger partial charge in [-0.3, -0.25) is 0 Å². The maximum Gasteiger partial charge on any atom is 0.0595 e. The third-order valence-electron chi connectivity index (χ3n) is 3.69. The normalized spacial score (nSPS) is 16.5. The van der Waals surface area contributed by atoms with E-state index in [4.69, 9.17) is 23.2 Å². The van der Waals surface area contributed by atoms with Crippen molar-refractivity contribution in [3.63, 3.8) is 0 Å². The van der Waals surface area contributed by atoms with E-state index in [1.54, 1.807) is 0 Å². The average Bonchev–Trinajstić information content (AvgIpc) is 2.47. The fraction of sp³-hybridized carbons (Fsp3) is 0.562. The summed E-state index contributed by atoms with van der Waals surface area (Å²) in [6, 6.07) is 5.81. The van der Waals surface area contributed by atoms with Crippen molar-refractivity contribution in [1.82, 2.24) is 10.2 Å². The highest BCUT2D eigenvalue weighted by Gasteiger charge is 2.08. The van der Waals surface area contributed by atoms with E-state index in [1.807, 2.05) is 18.2 Å². The van der Waals surface area contributed by atoms with Crippen LogP contribution in [0.3, 0.4) is 0 Å². The van der Waals surface area contributed by atoms with Gasteiger partial charge in [-0.25, -0.2) is 0 Å². The van der Waals surface area contributed by atoms with Gasteiger partial charge in [-0.2, -0.15) is 0 Å². The molecule has 1 saturated heterocycles. The molecule has 0 saturated carbocycles. The van der Waals surface area contributed by atoms with Gasteiger partial charge in [-0.1, -0.05) is 29.3 Å². The SMILES string of the molecule is Clc1ccc(CNCCCCN2CC[CH]CC2)cc1Cl. The predicted molar refractivity (Wildman–Crippen MR) is 87.4 cm³/mol. The van der Waals surface area contributed by atoms with Crippen LogP contribution >= 0.6 is 23.2 Å². The number of piperidine rings is 1. The Morgan fingerprint density at radius 2 is 1.85 bits per heavy atom. The van der Waals surface area contributed by atoms with E-state index in [2.05, 4.69) is 16.6 Å². The van der Waals surface area contributed by atoms with Crippen LogP contribution in [0.15, 0.2) is 18.2 Å². The first kappa shape index (κ1) is 16.1. The van der Waals surface area contributed by atoms with E-state index in [-0.39, 0.29) is 0 Å². The van der Waals surface area contributed by atoms with Gasteiger partial charge in [0.2, 0.25) is 0 Å². The standard InChI is InChI=1S/C16H23Cl2N2/c17-15-7-6-14(12-16(15)18)13-19-8-2-5-11-20-9-3-1-4-10-20/h1,6-7,12,19H,2-5,8-11,13H2. The summed E-state index contributed by atoms with van der Waals surface area (Å²) < 4.78 is 0. The zero-order valence-corrected chi connectivity index (χ0v) is 13.4. The zero-order chi connectivity index (χ0) is 14.2. The molecule has 1 heterocycles. The number of halogens is 2. The summed E-state index contributed by atoms with van der Waals surface area (Å²) in [4.78, 5) is 2.57. The molecule has 2 rings (SSSR count). The fourth-order valence-electron chi connectivity index (χ4n) is 2.50. The van der Waals surface area contributed by atoms with Gasteiger partial charge < -0.3 is 10.2 Å². The van der Waals surface area contributed by atoms with Crippen molar-refractivity contribution in [2.75, 3.05) is 26.2 Å². The highest BCUT2D eigenvalue weighted by Crippen LogP contribution is 2.22. The van der Waals surface area contributed by atoms with Crippen molar-refractivity contribution in [1.29, 1.82) is 0 Å². The molecule has 0 atom stereocenters. The van der Waals surface area contributed by atoms with Crippen molar-refractivity contribution in [3.05, 3.63) is 40.2 Å². The Morgan fingerprint density at radius 3 is 2.60 bits per heavy atom. The van der Waals surface area contributed by atoms with Crippen LogP contribution in [0, 0.1) is 6.42 Å². The predicted octanol–water partition coefficient (Wildman–Crippen LogP) is 4.16. The molecule has 0 unspecified atom stereocenters. The summed E-state index contributed by atoms with van der Waals surface area (Å²) >= 11 is 11.9. The van der Waals surface area contributed by atoms with Crippen LogP contribution in [0.1, 0.15) is 31.2 Å². The molecule has 20 heavy (non-hydrogen) atoms. The van der Waals surface area contributed by atoms with Gasteiger partial charge in [0.25, 0.3) is 0 Å². The molecule has 0 amide bonds. The van der Waals surface area contributed by atoms with Crippen LogP contribution in [0.2, 0.25) is 10.0 Å². The third-order valence-corrected chi connectivity index (χ3v) is 4.43. The highest BCUT2D eigenvalue weighted by molar-refractivity contribution is 6.42. The van der Waals surface area contributed by atoms with E-state index in [1.165, 1.54) is 50.9 Å². The Hall–Kier alpha value is -0.280. The van der Waals surface area contributed by atoms with Gasteiger partial charge in [-0.05, 0) is 76.0 Å². The lowest BCUT2D eigenvalue weighted by Crippen LogP contribution is -2.31. The molecule has 4 heteroatoms. The Labute approximate surface area is 132 Å². The molecule has 1 aromatic carbocycles. The van der Waals surface area contributed by atoms with Gasteiger partial charge in [0.05, 0.1) is 10.0 Å². The summed E-state index contributed by atoms with van der Waals surface area (Å²) in [7, 11) is 0. The molecule has 0 spiro atoms. The molecule has 2 nitrogen and oxygen atoms in total. The molecule has 1 aliphatic heterocycles. The Bertz CT molecular complexity index is 403. The van der Waals surface area contributed by atoms with E-state index in [0.717, 1.165) is 13.1 Å². The zero-order valence-electron chi connectivity index (χ0n) is 11.9. The Morgan fingerprint density at radius 1 is 1.05 bits per heavy atom. The topological polar surface area (TPSA) is 15.3 Å². The summed E-state index contributed by atoms with van der Waals surface area (Å²) in [5.41, 5.74) is 1.19. The highest BCUT2D eigenvalue weighted by atomic mass is 35.5. The molecule has 1 fully saturated rings. The van der Waals surface area contributed by atoms with E-state index in [9.17, 15) is 0 Å². The van der Waals surface area contributed by atoms with Gasteiger partial charge in [-0.15, -0.1) is 0 Å². The molecule has 1 N–H and O–H groups in total. The number of benzene rings is 1. The number of unbranched alkanes of at least 4 members (excludes halogenated alkanes) is 1. The number of hydrogen-bond donors (Lipinski definition) is 1. The number of rotatable bonds is 7. The van der Waals surface area contributed by atoms with Crippen LogP contribution in [0.25, 0.3) is 0 Å². The molecule has 0 aromatic heterocycles. The lowest BCUT2D eigenvalue weighted by Gasteiger charge is -2.26. The number of nitrogens with zero attached hydrogens (tertiary/aromatic N) is 1. The van der Waals surface area contributed by atoms with Crippen molar-refractivity contribution in [3.8, 4) is 0 Å². The second-order valence-electron chi connectivity index (χ2n) is 5.34. The molecule has 1 aliphatic rings. The van der Waals surface area contributed by atoms with Gasteiger partial charge in [0, 0.05) is 6.54 Å². The van der Waals surface area contributed by atoms with Crippen molar-refractivity contribution >= 4 is 23.2 Å². The second kappa shape index (κ2) is 8.89. The van der Waals surface area contributed by atoms with Crippen LogP contribution < -0.4 is 5.32 Å². The second-order valence-corrected chi connectivity index (χ2v) is 6.15. The Balaban J connectivity index is 1.53. The van der Waals surface area contributed by atoms with Gasteiger partial charge in [0.1, 0.15) is 0 Å². The van der Waals surface area contributed by atoms with E-state index in [0.29, 0.717) is 10.0 Å². The third kappa shape index (κ3) is 5.61. The molecule has 1 radical (unpaired) electrons. The summed E-state index contributed by atoms with van der Waals surface area (Å²) in [6.45, 7) is 5.64. The van der Waals surface area contributed by atoms with Crippen LogP contribution in [0.5, 0.6) is 0 Å². The van der Waals surface area contributed by atoms with E-state index >= 15 is 0 Å². The van der Waals surface area contributed by atoms with Crippen molar-refractivity contribution in [2.24, 2.45) is 0 Å². The monoisotopic (exact) mass is 313 g/mol. The first-order chi connectivity index (χ1) is 9.75. The maximum atomic E-state index is 5.99. The van der Waals surface area contributed by atoms with Crippen molar-refractivity contribution < 1.29 is 0 Å². The fourth-order valence-corrected chi connectivity index (χ4v) is 2.82. The number of hydrogen-bond acceptors (Lipinski definition) is 2. The lowest BCUT2D eigenvalue weighted by atomic mass is 10.1. The lowest BCUT2D eigenvalue weighted by molar-refractivity contribution is 0.249. The van der Waals surface area contributed by atoms with Crippen LogP contribution in [0.4, 0.5) is 0 Å². The molecule has 111 valence electrons. The molecular weight excluding hydrogens is 291 g/mol. The largest absolute Gasteiger partial charge is 0.313 e. The summed E-state index contributed by atoms with van der Waals surface area (Å²) in [5.74, 6) is 0. The first-order valence-electron chi connectivity index (χ1n) is 7.44. The van der Waals surface area contributed by atoms with Crippen LogP contribution in [-0.2, 0) is 6.54 Å². The maximum absolute atomic E-state index is 5.99. The molecule has 0 aliphatic carbocycles. The van der Waals surface area contributed by atoms with E-state index < -0.39 is 0 Å². The number of likely N-dealkylation sites (tertiary alicyclic amines) is 1. The van der Waals surface area contributed by atoms with Crippen LogP contribution in [-0.4, -0.2) is 31.1 Å². The molecule has 1 aromatic rings. The minimum Gasteiger partial charge on any atom is -0.313 e. The first-order valence-corrected chi connectivity index (χ1v) is 8.20. The van der Waals surface area contributed by atoms with Gasteiger partial charge in [0.15, 0.2) is 0 Å². The molecular formula is C16H23Cl2N2. The average molecular weight is 314 g/mol. The quantitative estimate of drug-likeness (QED) is 0.760. The van der Waals surface area contributed by atoms with Gasteiger partial charge >= 0.3 is 0 Å².